The van der Waals surface area contributed by atoms with E-state index in [-0.39, 0.29) is 17.6 Å². The number of likely N-dealkylation sites (tertiary alicyclic amines) is 1. The number of hydrogen-bond acceptors (Lipinski definition) is 5. The fraction of sp³-hybridized carbons (Fsp3) is 0.227. The molecule has 4 aromatic rings. The Morgan fingerprint density at radius 3 is 2.70 bits per heavy atom. The number of hydrogen-bond donors (Lipinski definition) is 0. The van der Waals surface area contributed by atoms with E-state index in [9.17, 15) is 9.18 Å². The zero-order valence-corrected chi connectivity index (χ0v) is 16.1. The highest BCUT2D eigenvalue weighted by atomic mass is 19.1. The Balaban J connectivity index is 1.32. The molecular formula is C22H19FN6O. The Kier molecular flexibility index (Phi) is 4.66. The van der Waals surface area contributed by atoms with Crippen molar-refractivity contribution in [2.75, 3.05) is 13.1 Å². The predicted octanol–water partition coefficient (Wildman–Crippen LogP) is 3.35. The zero-order valence-electron chi connectivity index (χ0n) is 16.1. The zero-order chi connectivity index (χ0) is 20.5. The molecular weight excluding hydrogens is 383 g/mol. The van der Waals surface area contributed by atoms with E-state index >= 15 is 0 Å². The largest absolute Gasteiger partial charge is 0.337 e. The van der Waals surface area contributed by atoms with Crippen molar-refractivity contribution >= 4 is 11.6 Å². The van der Waals surface area contributed by atoms with Crippen LogP contribution in [0.3, 0.4) is 0 Å². The molecule has 0 radical (unpaired) electrons. The van der Waals surface area contributed by atoms with Gasteiger partial charge in [0.05, 0.1) is 6.20 Å². The summed E-state index contributed by atoms with van der Waals surface area (Å²) >= 11 is 0. The van der Waals surface area contributed by atoms with Crippen LogP contribution in [0.4, 0.5) is 4.39 Å². The van der Waals surface area contributed by atoms with Crippen molar-refractivity contribution in [2.45, 2.75) is 18.8 Å². The molecule has 1 aliphatic heterocycles. The molecule has 1 amide bonds. The summed E-state index contributed by atoms with van der Waals surface area (Å²) < 4.78 is 15.3. The Morgan fingerprint density at radius 1 is 1.07 bits per heavy atom. The second kappa shape index (κ2) is 7.62. The van der Waals surface area contributed by atoms with Gasteiger partial charge in [0, 0.05) is 43.2 Å². The minimum Gasteiger partial charge on any atom is -0.337 e. The average molecular weight is 402 g/mol. The molecule has 30 heavy (non-hydrogen) atoms. The first-order valence-corrected chi connectivity index (χ1v) is 9.85. The molecule has 0 atom stereocenters. The van der Waals surface area contributed by atoms with Crippen molar-refractivity contribution < 1.29 is 9.18 Å². The van der Waals surface area contributed by atoms with Crippen LogP contribution in [-0.4, -0.2) is 48.5 Å². The fourth-order valence-corrected chi connectivity index (χ4v) is 3.82. The average Bonchev–Trinajstić information content (AvgIpc) is 3.23. The topological polar surface area (TPSA) is 76.3 Å². The standard InChI is InChI=1S/C22H19FN6O/c23-18-3-1-2-16(12-18)17-4-5-20-26-21(27-29(20)14-17)15-6-10-28(11-7-15)22(30)19-13-24-8-9-25-19/h1-5,8-9,12-15H,6-7,10-11H2. The smallest absolute Gasteiger partial charge is 0.274 e. The Bertz CT molecular complexity index is 1200. The minimum atomic E-state index is -0.269. The summed E-state index contributed by atoms with van der Waals surface area (Å²) in [4.78, 5) is 27.1. The fourth-order valence-electron chi connectivity index (χ4n) is 3.82. The second-order valence-corrected chi connectivity index (χ2v) is 7.36. The number of benzene rings is 1. The number of carbonyl (C=O) groups is 1. The summed E-state index contributed by atoms with van der Waals surface area (Å²) in [6, 6.07) is 10.3. The molecule has 3 aromatic heterocycles. The molecule has 1 fully saturated rings. The molecule has 1 saturated heterocycles. The van der Waals surface area contributed by atoms with Crippen molar-refractivity contribution in [2.24, 2.45) is 0 Å². The lowest BCUT2D eigenvalue weighted by Crippen LogP contribution is -2.38. The molecule has 7 nitrogen and oxygen atoms in total. The van der Waals surface area contributed by atoms with Gasteiger partial charge in [-0.3, -0.25) is 9.78 Å². The number of fused-ring (bicyclic) bond motifs is 1. The number of pyridine rings is 1. The van der Waals surface area contributed by atoms with Crippen LogP contribution < -0.4 is 0 Å². The maximum absolute atomic E-state index is 13.5. The molecule has 0 aliphatic carbocycles. The van der Waals surface area contributed by atoms with E-state index in [0.717, 1.165) is 35.4 Å². The molecule has 150 valence electrons. The lowest BCUT2D eigenvalue weighted by atomic mass is 9.96. The third kappa shape index (κ3) is 3.52. The number of aromatic nitrogens is 5. The van der Waals surface area contributed by atoms with Gasteiger partial charge in [0.2, 0.25) is 0 Å². The van der Waals surface area contributed by atoms with Crippen LogP contribution >= 0.6 is 0 Å². The van der Waals surface area contributed by atoms with Crippen LogP contribution in [0.2, 0.25) is 0 Å². The highest BCUT2D eigenvalue weighted by Gasteiger charge is 2.27. The van der Waals surface area contributed by atoms with Crippen molar-refractivity contribution in [3.8, 4) is 11.1 Å². The molecule has 0 saturated carbocycles. The monoisotopic (exact) mass is 402 g/mol. The van der Waals surface area contributed by atoms with Crippen LogP contribution in [-0.2, 0) is 0 Å². The Hall–Kier alpha value is -3.68. The first-order valence-electron chi connectivity index (χ1n) is 9.85. The van der Waals surface area contributed by atoms with E-state index in [2.05, 4.69) is 20.1 Å². The Morgan fingerprint density at radius 2 is 1.93 bits per heavy atom. The summed E-state index contributed by atoms with van der Waals surface area (Å²) in [5.74, 6) is 0.602. The second-order valence-electron chi connectivity index (χ2n) is 7.36. The van der Waals surface area contributed by atoms with E-state index in [0.29, 0.717) is 18.8 Å². The van der Waals surface area contributed by atoms with E-state index in [1.165, 1.54) is 24.5 Å². The van der Waals surface area contributed by atoms with E-state index in [1.54, 1.807) is 21.7 Å². The first-order chi connectivity index (χ1) is 14.7. The molecule has 1 aliphatic rings. The number of amides is 1. The van der Waals surface area contributed by atoms with Crippen molar-refractivity contribution in [1.82, 2.24) is 29.5 Å². The third-order valence-corrected chi connectivity index (χ3v) is 5.43. The molecule has 8 heteroatoms. The van der Waals surface area contributed by atoms with E-state index in [1.807, 2.05) is 24.4 Å². The molecule has 0 bridgehead atoms. The van der Waals surface area contributed by atoms with E-state index < -0.39 is 0 Å². The summed E-state index contributed by atoms with van der Waals surface area (Å²) in [6.45, 7) is 1.26. The number of rotatable bonds is 3. The summed E-state index contributed by atoms with van der Waals surface area (Å²) in [7, 11) is 0. The summed E-state index contributed by atoms with van der Waals surface area (Å²) in [5.41, 5.74) is 2.79. The Labute approximate surface area is 172 Å². The van der Waals surface area contributed by atoms with Gasteiger partial charge >= 0.3 is 0 Å². The minimum absolute atomic E-state index is 0.0933. The third-order valence-electron chi connectivity index (χ3n) is 5.43. The van der Waals surface area contributed by atoms with Crippen LogP contribution in [0.5, 0.6) is 0 Å². The lowest BCUT2D eigenvalue weighted by molar-refractivity contribution is 0.0704. The van der Waals surface area contributed by atoms with Gasteiger partial charge in [-0.1, -0.05) is 12.1 Å². The molecule has 4 heterocycles. The summed E-state index contributed by atoms with van der Waals surface area (Å²) in [6.07, 6.45) is 8.03. The van der Waals surface area contributed by atoms with Crippen LogP contribution in [0, 0.1) is 5.82 Å². The van der Waals surface area contributed by atoms with Gasteiger partial charge in [-0.05, 0) is 42.7 Å². The van der Waals surface area contributed by atoms with Gasteiger partial charge in [-0.2, -0.15) is 5.10 Å². The normalized spacial score (nSPS) is 14.9. The van der Waals surface area contributed by atoms with Gasteiger partial charge in [-0.15, -0.1) is 0 Å². The lowest BCUT2D eigenvalue weighted by Gasteiger charge is -2.30. The predicted molar refractivity (Wildman–Crippen MR) is 108 cm³/mol. The maximum Gasteiger partial charge on any atom is 0.274 e. The number of halogens is 1. The number of carbonyl (C=O) groups excluding carboxylic acids is 1. The number of nitrogens with zero attached hydrogens (tertiary/aromatic N) is 6. The van der Waals surface area contributed by atoms with Crippen LogP contribution in [0.25, 0.3) is 16.8 Å². The number of piperidine rings is 1. The van der Waals surface area contributed by atoms with Crippen LogP contribution in [0.1, 0.15) is 35.1 Å². The van der Waals surface area contributed by atoms with Gasteiger partial charge in [0.1, 0.15) is 11.5 Å². The van der Waals surface area contributed by atoms with E-state index in [4.69, 9.17) is 0 Å². The molecule has 0 spiro atoms. The summed E-state index contributed by atoms with van der Waals surface area (Å²) in [5, 5.41) is 4.66. The van der Waals surface area contributed by atoms with Crippen molar-refractivity contribution in [3.05, 3.63) is 78.5 Å². The maximum atomic E-state index is 13.5. The van der Waals surface area contributed by atoms with Crippen molar-refractivity contribution in [3.63, 3.8) is 0 Å². The highest BCUT2D eigenvalue weighted by molar-refractivity contribution is 5.92. The van der Waals surface area contributed by atoms with Crippen molar-refractivity contribution in [1.29, 1.82) is 0 Å². The SMILES string of the molecule is O=C(c1cnccn1)N1CCC(c2nc3ccc(-c4cccc(F)c4)cn3n2)CC1. The first kappa shape index (κ1) is 18.4. The van der Waals surface area contributed by atoms with Crippen LogP contribution in [0.15, 0.2) is 61.2 Å². The molecule has 0 unspecified atom stereocenters. The quantitative estimate of drug-likeness (QED) is 0.525. The van der Waals surface area contributed by atoms with Gasteiger partial charge in [-0.25, -0.2) is 18.9 Å². The molecule has 5 rings (SSSR count). The highest BCUT2D eigenvalue weighted by Crippen LogP contribution is 2.27. The molecule has 0 N–H and O–H groups in total. The van der Waals surface area contributed by atoms with Gasteiger partial charge < -0.3 is 4.90 Å². The molecule has 1 aromatic carbocycles. The van der Waals surface area contributed by atoms with Gasteiger partial charge in [0.25, 0.3) is 5.91 Å². The van der Waals surface area contributed by atoms with Gasteiger partial charge in [0.15, 0.2) is 11.5 Å².